The van der Waals surface area contributed by atoms with Gasteiger partial charge < -0.3 is 15.4 Å². The number of anilines is 1. The number of nitrogens with zero attached hydrogens (tertiary/aromatic N) is 4. The second-order valence-electron chi connectivity index (χ2n) is 7.77. The SMILES string of the molecule is COC1CCC(n2cc(-c3nc(NC4CCNCC4)ncc3C)cn2)CC1. The summed E-state index contributed by atoms with van der Waals surface area (Å²) >= 11 is 0. The van der Waals surface area contributed by atoms with Crippen molar-refractivity contribution in [2.75, 3.05) is 25.5 Å². The molecule has 0 radical (unpaired) electrons. The molecule has 0 amide bonds. The lowest BCUT2D eigenvalue weighted by Gasteiger charge is -2.27. The molecule has 2 fully saturated rings. The van der Waals surface area contributed by atoms with Crippen molar-refractivity contribution in [3.05, 3.63) is 24.2 Å². The number of rotatable bonds is 5. The minimum absolute atomic E-state index is 0.406. The van der Waals surface area contributed by atoms with Crippen LogP contribution >= 0.6 is 0 Å². The average Bonchev–Trinajstić information content (AvgIpc) is 3.20. The molecule has 0 aromatic carbocycles. The molecule has 0 unspecified atom stereocenters. The fraction of sp³-hybridized carbons (Fsp3) is 0.650. The Morgan fingerprint density at radius 1 is 1.11 bits per heavy atom. The van der Waals surface area contributed by atoms with Crippen LogP contribution in [0.5, 0.6) is 0 Å². The third-order valence-electron chi connectivity index (χ3n) is 5.87. The average molecular weight is 371 g/mol. The molecule has 2 aromatic rings. The first-order valence-electron chi connectivity index (χ1n) is 10.1. The molecule has 7 heteroatoms. The summed E-state index contributed by atoms with van der Waals surface area (Å²) < 4.78 is 7.60. The van der Waals surface area contributed by atoms with Crippen LogP contribution in [0.25, 0.3) is 11.3 Å². The van der Waals surface area contributed by atoms with Crippen molar-refractivity contribution in [3.63, 3.8) is 0 Å². The fourth-order valence-corrected chi connectivity index (χ4v) is 4.16. The second-order valence-corrected chi connectivity index (χ2v) is 7.77. The molecule has 2 aliphatic rings. The van der Waals surface area contributed by atoms with E-state index in [1.807, 2.05) is 19.5 Å². The number of aryl methyl sites for hydroxylation is 1. The number of hydrogen-bond donors (Lipinski definition) is 2. The van der Waals surface area contributed by atoms with E-state index in [2.05, 4.69) is 38.5 Å². The highest BCUT2D eigenvalue weighted by molar-refractivity contribution is 5.62. The van der Waals surface area contributed by atoms with Crippen molar-refractivity contribution in [2.24, 2.45) is 0 Å². The topological polar surface area (TPSA) is 76.9 Å². The van der Waals surface area contributed by atoms with Gasteiger partial charge in [0.1, 0.15) is 0 Å². The Kier molecular flexibility index (Phi) is 5.69. The molecule has 4 rings (SSSR count). The van der Waals surface area contributed by atoms with Gasteiger partial charge in [0.2, 0.25) is 5.95 Å². The molecule has 1 aliphatic carbocycles. The predicted molar refractivity (Wildman–Crippen MR) is 106 cm³/mol. The summed E-state index contributed by atoms with van der Waals surface area (Å²) in [5, 5.41) is 11.5. The Labute approximate surface area is 160 Å². The highest BCUT2D eigenvalue weighted by Crippen LogP contribution is 2.31. The number of nitrogens with one attached hydrogen (secondary N) is 2. The Hall–Kier alpha value is -1.99. The van der Waals surface area contributed by atoms with Gasteiger partial charge in [0.15, 0.2) is 0 Å². The van der Waals surface area contributed by atoms with Gasteiger partial charge in [-0.15, -0.1) is 0 Å². The summed E-state index contributed by atoms with van der Waals surface area (Å²) in [5.74, 6) is 0.718. The first-order chi connectivity index (χ1) is 13.2. The third-order valence-corrected chi connectivity index (χ3v) is 5.87. The van der Waals surface area contributed by atoms with Crippen molar-refractivity contribution < 1.29 is 4.74 Å². The maximum Gasteiger partial charge on any atom is 0.223 e. The highest BCUT2D eigenvalue weighted by Gasteiger charge is 2.23. The molecule has 1 saturated carbocycles. The molecule has 1 aliphatic heterocycles. The van der Waals surface area contributed by atoms with Gasteiger partial charge in [-0.3, -0.25) is 4.68 Å². The number of piperidine rings is 1. The summed E-state index contributed by atoms with van der Waals surface area (Å²) in [4.78, 5) is 9.29. The molecule has 0 spiro atoms. The summed E-state index contributed by atoms with van der Waals surface area (Å²) in [5.41, 5.74) is 3.11. The van der Waals surface area contributed by atoms with E-state index in [0.29, 0.717) is 18.2 Å². The van der Waals surface area contributed by atoms with Crippen molar-refractivity contribution in [2.45, 2.75) is 63.6 Å². The largest absolute Gasteiger partial charge is 0.381 e. The van der Waals surface area contributed by atoms with E-state index in [1.165, 1.54) is 0 Å². The molecule has 7 nitrogen and oxygen atoms in total. The minimum Gasteiger partial charge on any atom is -0.381 e. The molecule has 1 saturated heterocycles. The molecular weight excluding hydrogens is 340 g/mol. The number of hydrogen-bond acceptors (Lipinski definition) is 6. The van der Waals surface area contributed by atoms with Crippen LogP contribution in [0.1, 0.15) is 50.1 Å². The quantitative estimate of drug-likeness (QED) is 0.843. The molecular formula is C20H30N6O. The molecule has 146 valence electrons. The minimum atomic E-state index is 0.406. The smallest absolute Gasteiger partial charge is 0.223 e. The monoisotopic (exact) mass is 370 g/mol. The van der Waals surface area contributed by atoms with Crippen LogP contribution in [0.3, 0.4) is 0 Å². The first-order valence-corrected chi connectivity index (χ1v) is 10.1. The lowest BCUT2D eigenvalue weighted by Crippen LogP contribution is -2.35. The van der Waals surface area contributed by atoms with E-state index in [0.717, 1.165) is 74.4 Å². The second kappa shape index (κ2) is 8.35. The van der Waals surface area contributed by atoms with E-state index >= 15 is 0 Å². The van der Waals surface area contributed by atoms with Gasteiger partial charge in [0, 0.05) is 31.1 Å². The zero-order valence-electron chi connectivity index (χ0n) is 16.3. The van der Waals surface area contributed by atoms with Gasteiger partial charge in [-0.25, -0.2) is 9.97 Å². The van der Waals surface area contributed by atoms with Crippen LogP contribution in [0, 0.1) is 6.92 Å². The summed E-state index contributed by atoms with van der Waals surface area (Å²) in [6.07, 6.45) is 13.0. The van der Waals surface area contributed by atoms with Crippen LogP contribution in [-0.4, -0.2) is 52.1 Å². The number of ether oxygens (including phenoxy) is 1. The van der Waals surface area contributed by atoms with Crippen molar-refractivity contribution in [1.29, 1.82) is 0 Å². The molecule has 3 heterocycles. The van der Waals surface area contributed by atoms with E-state index in [-0.39, 0.29) is 0 Å². The molecule has 27 heavy (non-hydrogen) atoms. The van der Waals surface area contributed by atoms with Gasteiger partial charge >= 0.3 is 0 Å². The van der Waals surface area contributed by atoms with Crippen molar-refractivity contribution >= 4 is 5.95 Å². The van der Waals surface area contributed by atoms with Gasteiger partial charge in [-0.2, -0.15) is 5.10 Å². The molecule has 2 N–H and O–H groups in total. The van der Waals surface area contributed by atoms with E-state index in [4.69, 9.17) is 9.72 Å². The standard InChI is InChI=1S/C20H30N6O/c1-14-11-22-20(24-16-7-9-21-10-8-16)25-19(14)15-12-23-26(13-15)17-3-5-18(27-2)6-4-17/h11-13,16-18,21H,3-10H2,1-2H3,(H,22,24,25). The molecule has 2 aromatic heterocycles. The maximum atomic E-state index is 5.48. The lowest BCUT2D eigenvalue weighted by atomic mass is 9.93. The highest BCUT2D eigenvalue weighted by atomic mass is 16.5. The fourth-order valence-electron chi connectivity index (χ4n) is 4.16. The van der Waals surface area contributed by atoms with Crippen LogP contribution in [0.15, 0.2) is 18.6 Å². The lowest BCUT2D eigenvalue weighted by molar-refractivity contribution is 0.0568. The van der Waals surface area contributed by atoms with Crippen molar-refractivity contribution in [1.82, 2.24) is 25.1 Å². The number of methoxy groups -OCH3 is 1. The number of aromatic nitrogens is 4. The molecule has 0 atom stereocenters. The van der Waals surface area contributed by atoms with Gasteiger partial charge in [-0.1, -0.05) is 0 Å². The van der Waals surface area contributed by atoms with Gasteiger partial charge in [-0.05, 0) is 64.1 Å². The van der Waals surface area contributed by atoms with Crippen LogP contribution in [0.2, 0.25) is 0 Å². The van der Waals surface area contributed by atoms with Crippen LogP contribution in [0.4, 0.5) is 5.95 Å². The van der Waals surface area contributed by atoms with Crippen LogP contribution in [-0.2, 0) is 4.74 Å². The summed E-state index contributed by atoms with van der Waals surface area (Å²) in [7, 11) is 1.81. The third kappa shape index (κ3) is 4.30. The Morgan fingerprint density at radius 3 is 2.63 bits per heavy atom. The van der Waals surface area contributed by atoms with Gasteiger partial charge in [0.05, 0.1) is 24.0 Å². The summed E-state index contributed by atoms with van der Waals surface area (Å²) in [6, 6.07) is 0.903. The van der Waals surface area contributed by atoms with E-state index in [1.54, 1.807) is 0 Å². The van der Waals surface area contributed by atoms with E-state index < -0.39 is 0 Å². The normalized spacial score (nSPS) is 24.1. The van der Waals surface area contributed by atoms with Crippen molar-refractivity contribution in [3.8, 4) is 11.3 Å². The zero-order chi connectivity index (χ0) is 18.6. The summed E-state index contributed by atoms with van der Waals surface area (Å²) in [6.45, 7) is 4.16. The maximum absolute atomic E-state index is 5.48. The van der Waals surface area contributed by atoms with Gasteiger partial charge in [0.25, 0.3) is 0 Å². The predicted octanol–water partition coefficient (Wildman–Crippen LogP) is 2.94. The van der Waals surface area contributed by atoms with E-state index in [9.17, 15) is 0 Å². The Bertz CT molecular complexity index is 747. The Morgan fingerprint density at radius 2 is 1.89 bits per heavy atom. The molecule has 0 bridgehead atoms. The Balaban J connectivity index is 1.48. The van der Waals surface area contributed by atoms with Crippen LogP contribution < -0.4 is 10.6 Å². The first kappa shape index (κ1) is 18.4. The zero-order valence-corrected chi connectivity index (χ0v) is 16.3.